The second-order valence-corrected chi connectivity index (χ2v) is 8.67. The van der Waals surface area contributed by atoms with Crippen molar-refractivity contribution in [1.29, 1.82) is 5.26 Å². The number of aromatic nitrogens is 1. The van der Waals surface area contributed by atoms with Crippen LogP contribution < -0.4 is 14.8 Å². The highest BCUT2D eigenvalue weighted by atomic mass is 32.2. The van der Waals surface area contributed by atoms with Gasteiger partial charge < -0.3 is 10.1 Å². The van der Waals surface area contributed by atoms with E-state index >= 15 is 0 Å². The number of ether oxygens (including phenoxy) is 1. The van der Waals surface area contributed by atoms with Gasteiger partial charge in [0.05, 0.1) is 11.5 Å². The van der Waals surface area contributed by atoms with E-state index in [1.807, 2.05) is 13.0 Å². The molecule has 2 N–H and O–H groups in total. The van der Waals surface area contributed by atoms with Crippen LogP contribution in [0.15, 0.2) is 70.6 Å². The monoisotopic (exact) mass is 454 g/mol. The molecule has 10 heteroatoms. The van der Waals surface area contributed by atoms with Crippen LogP contribution >= 0.6 is 11.3 Å². The molecule has 1 amide bonds. The summed E-state index contributed by atoms with van der Waals surface area (Å²) in [5.74, 6) is 0.0925. The zero-order chi connectivity index (χ0) is 22.3. The van der Waals surface area contributed by atoms with E-state index < -0.39 is 15.9 Å². The van der Waals surface area contributed by atoms with Crippen molar-refractivity contribution in [2.75, 3.05) is 16.6 Å². The molecule has 0 fully saturated rings. The van der Waals surface area contributed by atoms with Crippen molar-refractivity contribution in [3.8, 4) is 11.8 Å². The minimum Gasteiger partial charge on any atom is -0.494 e. The molecule has 0 saturated heterocycles. The predicted molar refractivity (Wildman–Crippen MR) is 119 cm³/mol. The third-order valence-corrected chi connectivity index (χ3v) is 6.12. The van der Waals surface area contributed by atoms with Crippen molar-refractivity contribution >= 4 is 44.2 Å². The number of benzene rings is 2. The number of nitriles is 1. The van der Waals surface area contributed by atoms with E-state index in [0.29, 0.717) is 23.6 Å². The molecule has 0 saturated carbocycles. The summed E-state index contributed by atoms with van der Waals surface area (Å²) in [6, 6.07) is 14.5. The Hall–Kier alpha value is -3.68. The molecule has 0 bridgehead atoms. The number of hydrogen-bond donors (Lipinski definition) is 2. The maximum atomic E-state index is 12.4. The molecule has 158 valence electrons. The molecular formula is C21H18N4O4S2. The summed E-state index contributed by atoms with van der Waals surface area (Å²) in [4.78, 5) is 16.4. The lowest BCUT2D eigenvalue weighted by molar-refractivity contribution is -0.112. The van der Waals surface area contributed by atoms with Gasteiger partial charge in [0.2, 0.25) is 0 Å². The number of anilines is 2. The van der Waals surface area contributed by atoms with Crippen molar-refractivity contribution in [1.82, 2.24) is 4.98 Å². The first-order chi connectivity index (χ1) is 14.9. The Labute approximate surface area is 183 Å². The van der Waals surface area contributed by atoms with Gasteiger partial charge in [0.15, 0.2) is 5.13 Å². The Morgan fingerprint density at radius 3 is 2.48 bits per heavy atom. The van der Waals surface area contributed by atoms with Gasteiger partial charge in [-0.1, -0.05) is 12.1 Å². The molecule has 1 aromatic heterocycles. The summed E-state index contributed by atoms with van der Waals surface area (Å²) in [6.07, 6.45) is 2.95. The van der Waals surface area contributed by atoms with Crippen molar-refractivity contribution in [2.24, 2.45) is 0 Å². The van der Waals surface area contributed by atoms with E-state index in [1.165, 1.54) is 36.5 Å². The van der Waals surface area contributed by atoms with Gasteiger partial charge >= 0.3 is 0 Å². The van der Waals surface area contributed by atoms with Crippen LogP contribution in [0.4, 0.5) is 10.8 Å². The Kier molecular flexibility index (Phi) is 7.02. The smallest absolute Gasteiger partial charge is 0.266 e. The number of sulfonamides is 1. The maximum Gasteiger partial charge on any atom is 0.266 e. The fourth-order valence-corrected chi connectivity index (χ4v) is 4.29. The van der Waals surface area contributed by atoms with Gasteiger partial charge in [0, 0.05) is 17.3 Å². The lowest BCUT2D eigenvalue weighted by Crippen LogP contribution is -2.15. The van der Waals surface area contributed by atoms with E-state index in [4.69, 9.17) is 4.74 Å². The molecule has 3 aromatic rings. The second-order valence-electron chi connectivity index (χ2n) is 6.09. The molecule has 1 heterocycles. The number of hydrogen-bond acceptors (Lipinski definition) is 7. The normalized spacial score (nSPS) is 11.4. The van der Waals surface area contributed by atoms with Gasteiger partial charge in [-0.15, -0.1) is 11.3 Å². The highest BCUT2D eigenvalue weighted by molar-refractivity contribution is 7.93. The number of nitrogens with zero attached hydrogens (tertiary/aromatic N) is 2. The Morgan fingerprint density at radius 2 is 1.90 bits per heavy atom. The zero-order valence-electron chi connectivity index (χ0n) is 16.4. The summed E-state index contributed by atoms with van der Waals surface area (Å²) in [6.45, 7) is 2.42. The van der Waals surface area contributed by atoms with Crippen LogP contribution in [0.5, 0.6) is 5.75 Å². The third kappa shape index (κ3) is 5.91. The van der Waals surface area contributed by atoms with Crippen LogP contribution in [-0.4, -0.2) is 25.9 Å². The molecule has 0 atom stereocenters. The molecule has 0 unspecified atom stereocenters. The first-order valence-corrected chi connectivity index (χ1v) is 11.5. The van der Waals surface area contributed by atoms with Crippen LogP contribution in [-0.2, 0) is 14.8 Å². The molecule has 0 aliphatic rings. The molecule has 0 aliphatic carbocycles. The SMILES string of the molecule is CCOc1ccc(/C=C(\C#N)C(=O)Nc2ccc(S(=O)(=O)Nc3nccs3)cc2)cc1. The first-order valence-electron chi connectivity index (χ1n) is 9.09. The summed E-state index contributed by atoms with van der Waals surface area (Å²) in [7, 11) is -3.79. The summed E-state index contributed by atoms with van der Waals surface area (Å²) in [5.41, 5.74) is 0.933. The molecule has 8 nitrogen and oxygen atoms in total. The van der Waals surface area contributed by atoms with E-state index in [1.54, 1.807) is 29.6 Å². The van der Waals surface area contributed by atoms with Crippen molar-refractivity contribution in [2.45, 2.75) is 11.8 Å². The van der Waals surface area contributed by atoms with Crippen molar-refractivity contribution < 1.29 is 17.9 Å². The first kappa shape index (κ1) is 22.0. The molecule has 0 aliphatic heterocycles. The number of thiazole rings is 1. The third-order valence-electron chi connectivity index (χ3n) is 3.94. The van der Waals surface area contributed by atoms with Crippen LogP contribution in [0.25, 0.3) is 6.08 Å². The van der Waals surface area contributed by atoms with Gasteiger partial charge in [-0.3, -0.25) is 9.52 Å². The zero-order valence-corrected chi connectivity index (χ0v) is 18.0. The highest BCUT2D eigenvalue weighted by Gasteiger charge is 2.16. The number of amides is 1. The molecule has 2 aromatic carbocycles. The Balaban J connectivity index is 1.69. The lowest BCUT2D eigenvalue weighted by atomic mass is 10.1. The minimum absolute atomic E-state index is 0.0196. The number of carbonyl (C=O) groups is 1. The largest absolute Gasteiger partial charge is 0.494 e. The van der Waals surface area contributed by atoms with Crippen LogP contribution in [0.3, 0.4) is 0 Å². The van der Waals surface area contributed by atoms with E-state index in [0.717, 1.165) is 11.3 Å². The lowest BCUT2D eigenvalue weighted by Gasteiger charge is -2.08. The summed E-state index contributed by atoms with van der Waals surface area (Å²) in [5, 5.41) is 13.9. The van der Waals surface area contributed by atoms with Crippen molar-refractivity contribution in [3.63, 3.8) is 0 Å². The van der Waals surface area contributed by atoms with Crippen LogP contribution in [0.1, 0.15) is 12.5 Å². The second kappa shape index (κ2) is 9.88. The molecule has 0 radical (unpaired) electrons. The topological polar surface area (TPSA) is 121 Å². The quantitative estimate of drug-likeness (QED) is 0.393. The van der Waals surface area contributed by atoms with Gasteiger partial charge in [-0.2, -0.15) is 5.26 Å². The van der Waals surface area contributed by atoms with Crippen LogP contribution in [0.2, 0.25) is 0 Å². The molecule has 3 rings (SSSR count). The Bertz CT molecular complexity index is 1210. The maximum absolute atomic E-state index is 12.4. The molecule has 0 spiro atoms. The average Bonchev–Trinajstić information content (AvgIpc) is 3.26. The van der Waals surface area contributed by atoms with Gasteiger partial charge in [0.1, 0.15) is 17.4 Å². The van der Waals surface area contributed by atoms with Crippen LogP contribution in [0, 0.1) is 11.3 Å². The highest BCUT2D eigenvalue weighted by Crippen LogP contribution is 2.20. The minimum atomic E-state index is -3.79. The van der Waals surface area contributed by atoms with E-state index in [2.05, 4.69) is 15.0 Å². The van der Waals surface area contributed by atoms with Gasteiger partial charge in [-0.25, -0.2) is 13.4 Å². The number of carbonyl (C=O) groups excluding carboxylic acids is 1. The summed E-state index contributed by atoms with van der Waals surface area (Å²) < 4.78 is 32.5. The van der Waals surface area contributed by atoms with Crippen molar-refractivity contribution in [3.05, 3.63) is 71.2 Å². The predicted octanol–water partition coefficient (Wildman–Crippen LogP) is 3.89. The van der Waals surface area contributed by atoms with E-state index in [9.17, 15) is 18.5 Å². The van der Waals surface area contributed by atoms with Gasteiger partial charge in [-0.05, 0) is 55.0 Å². The average molecular weight is 455 g/mol. The van der Waals surface area contributed by atoms with E-state index in [-0.39, 0.29) is 15.6 Å². The fourth-order valence-electron chi connectivity index (χ4n) is 2.51. The number of nitrogens with one attached hydrogen (secondary N) is 2. The fraction of sp³-hybridized carbons (Fsp3) is 0.0952. The number of rotatable bonds is 8. The molecular weight excluding hydrogens is 436 g/mol. The Morgan fingerprint density at radius 1 is 1.19 bits per heavy atom. The van der Waals surface area contributed by atoms with Gasteiger partial charge in [0.25, 0.3) is 15.9 Å². The summed E-state index contributed by atoms with van der Waals surface area (Å²) >= 11 is 1.16. The standard InChI is InChI=1S/C21H18N4O4S2/c1-2-29-18-7-3-15(4-8-18)13-16(14-22)20(26)24-17-5-9-19(10-6-17)31(27,28)25-21-23-11-12-30-21/h3-13H,2H2,1H3,(H,23,25)(H,24,26)/b16-13+. The molecule has 31 heavy (non-hydrogen) atoms.